The number of halogens is 4. The summed E-state index contributed by atoms with van der Waals surface area (Å²) in [6, 6.07) is 5.59. The molecule has 0 fully saturated rings. The van der Waals surface area contributed by atoms with E-state index in [2.05, 4.69) is 4.18 Å². The third-order valence-electron chi connectivity index (χ3n) is 1.30. The standard InChI is InChI=1S/C7H4Cl4O3S/c8-5-1-3-6(4-2-5)14-15(12,13)7(9,10)11/h1-4H. The summed E-state index contributed by atoms with van der Waals surface area (Å²) < 4.78 is 24.5. The van der Waals surface area contributed by atoms with Crippen LogP contribution in [0, 0.1) is 0 Å². The van der Waals surface area contributed by atoms with E-state index in [-0.39, 0.29) is 5.75 Å². The highest BCUT2D eigenvalue weighted by atomic mass is 35.6. The third kappa shape index (κ3) is 3.57. The van der Waals surface area contributed by atoms with Gasteiger partial charge in [0.1, 0.15) is 5.75 Å². The average Bonchev–Trinajstić information content (AvgIpc) is 2.06. The first-order valence-corrected chi connectivity index (χ1v) is 6.41. The van der Waals surface area contributed by atoms with Crippen molar-refractivity contribution < 1.29 is 12.6 Å². The lowest BCUT2D eigenvalue weighted by Crippen LogP contribution is -2.24. The van der Waals surface area contributed by atoms with Crippen LogP contribution in [0.15, 0.2) is 24.3 Å². The molecule has 3 nitrogen and oxygen atoms in total. The quantitative estimate of drug-likeness (QED) is 0.621. The van der Waals surface area contributed by atoms with Crippen LogP contribution in [0.4, 0.5) is 0 Å². The van der Waals surface area contributed by atoms with Crippen LogP contribution in [0.3, 0.4) is 0 Å². The van der Waals surface area contributed by atoms with E-state index in [0.29, 0.717) is 5.02 Å². The fourth-order valence-corrected chi connectivity index (χ4v) is 1.53. The smallest absolute Gasteiger partial charge is 0.358 e. The van der Waals surface area contributed by atoms with Gasteiger partial charge in [-0.3, -0.25) is 0 Å². The van der Waals surface area contributed by atoms with E-state index in [1.165, 1.54) is 24.3 Å². The largest absolute Gasteiger partial charge is 0.379 e. The van der Waals surface area contributed by atoms with Crippen LogP contribution in [0.25, 0.3) is 0 Å². The third-order valence-corrected chi connectivity index (χ3v) is 4.23. The maximum absolute atomic E-state index is 11.3. The van der Waals surface area contributed by atoms with Gasteiger partial charge in [0.05, 0.1) is 0 Å². The van der Waals surface area contributed by atoms with E-state index in [4.69, 9.17) is 46.4 Å². The number of benzene rings is 1. The topological polar surface area (TPSA) is 43.4 Å². The molecule has 1 aromatic rings. The van der Waals surface area contributed by atoms with E-state index in [9.17, 15) is 8.42 Å². The van der Waals surface area contributed by atoms with Gasteiger partial charge in [0.25, 0.3) is 0 Å². The SMILES string of the molecule is O=S(=O)(Oc1ccc(Cl)cc1)C(Cl)(Cl)Cl. The molecule has 0 aliphatic rings. The molecule has 0 aliphatic carbocycles. The summed E-state index contributed by atoms with van der Waals surface area (Å²) in [5, 5.41) is 0.439. The molecule has 0 heterocycles. The van der Waals surface area contributed by atoms with Gasteiger partial charge in [-0.15, -0.1) is 0 Å². The minimum Gasteiger partial charge on any atom is -0.379 e. The molecule has 1 aromatic carbocycles. The highest BCUT2D eigenvalue weighted by Gasteiger charge is 2.40. The fraction of sp³-hybridized carbons (Fsp3) is 0.143. The summed E-state index contributed by atoms with van der Waals surface area (Å²) in [4.78, 5) is 0. The summed E-state index contributed by atoms with van der Waals surface area (Å²) in [7, 11) is -4.31. The maximum atomic E-state index is 11.3. The van der Waals surface area contributed by atoms with Crippen molar-refractivity contribution in [2.45, 2.75) is 3.12 Å². The lowest BCUT2D eigenvalue weighted by atomic mass is 10.3. The Morgan fingerprint density at radius 3 is 1.93 bits per heavy atom. The van der Waals surface area contributed by atoms with Gasteiger partial charge in [0, 0.05) is 5.02 Å². The first kappa shape index (κ1) is 13.2. The monoisotopic (exact) mass is 308 g/mol. The second-order valence-corrected chi connectivity index (χ2v) is 7.51. The predicted molar refractivity (Wildman–Crippen MR) is 61.3 cm³/mol. The first-order chi connectivity index (χ1) is 6.72. The van der Waals surface area contributed by atoms with Crippen molar-refractivity contribution in [3.8, 4) is 5.75 Å². The Balaban J connectivity index is 2.93. The second-order valence-electron chi connectivity index (χ2n) is 2.44. The number of hydrogen-bond donors (Lipinski definition) is 0. The Morgan fingerprint density at radius 1 is 1.07 bits per heavy atom. The molecule has 15 heavy (non-hydrogen) atoms. The molecule has 0 bridgehead atoms. The van der Waals surface area contributed by atoms with Crippen LogP contribution in [0.2, 0.25) is 5.02 Å². The van der Waals surface area contributed by atoms with Gasteiger partial charge in [0.2, 0.25) is 0 Å². The molecule has 0 aliphatic heterocycles. The van der Waals surface area contributed by atoms with Crippen molar-refractivity contribution in [3.63, 3.8) is 0 Å². The molecule has 8 heteroatoms. The lowest BCUT2D eigenvalue weighted by molar-refractivity contribution is 0.486. The minimum atomic E-state index is -4.31. The zero-order valence-electron chi connectivity index (χ0n) is 6.95. The fourth-order valence-electron chi connectivity index (χ4n) is 0.664. The molecule has 1 rings (SSSR count). The van der Waals surface area contributed by atoms with E-state index in [1.807, 2.05) is 0 Å². The molecular formula is C7H4Cl4O3S. The number of hydrogen-bond acceptors (Lipinski definition) is 3. The van der Waals surface area contributed by atoms with Gasteiger partial charge in [-0.05, 0) is 24.3 Å². The summed E-state index contributed by atoms with van der Waals surface area (Å²) in [5.41, 5.74) is 0. The van der Waals surface area contributed by atoms with Crippen molar-refractivity contribution in [2.75, 3.05) is 0 Å². The van der Waals surface area contributed by atoms with Crippen LogP contribution < -0.4 is 4.18 Å². The summed E-state index contributed by atoms with van der Waals surface area (Å²) in [5.74, 6) is 0.0192. The Hall–Kier alpha value is 0.130. The maximum Gasteiger partial charge on any atom is 0.358 e. The zero-order chi connectivity index (χ0) is 11.7. The average molecular weight is 310 g/mol. The predicted octanol–water partition coefficient (Wildman–Crippen LogP) is 3.38. The van der Waals surface area contributed by atoms with Gasteiger partial charge in [-0.25, -0.2) is 0 Å². The minimum absolute atomic E-state index is 0.0192. The summed E-state index contributed by atoms with van der Waals surface area (Å²) >= 11 is 21.2. The molecule has 0 atom stereocenters. The molecular weight excluding hydrogens is 306 g/mol. The molecule has 0 amide bonds. The van der Waals surface area contributed by atoms with Crippen molar-refractivity contribution in [1.82, 2.24) is 0 Å². The molecule has 0 saturated carbocycles. The van der Waals surface area contributed by atoms with Crippen LogP contribution in [-0.4, -0.2) is 11.5 Å². The van der Waals surface area contributed by atoms with Crippen molar-refractivity contribution in [3.05, 3.63) is 29.3 Å². The summed E-state index contributed by atoms with van der Waals surface area (Å²) in [6.45, 7) is 0. The molecule has 0 saturated heterocycles. The molecule has 0 N–H and O–H groups in total. The number of alkyl halides is 3. The number of rotatable bonds is 2. The van der Waals surface area contributed by atoms with Crippen LogP contribution in [0.5, 0.6) is 5.75 Å². The van der Waals surface area contributed by atoms with E-state index < -0.39 is 13.2 Å². The highest BCUT2D eigenvalue weighted by molar-refractivity contribution is 7.93. The Kier molecular flexibility index (Phi) is 4.01. The van der Waals surface area contributed by atoms with E-state index in [1.54, 1.807) is 0 Å². The Morgan fingerprint density at radius 2 is 1.53 bits per heavy atom. The highest BCUT2D eigenvalue weighted by Crippen LogP contribution is 2.34. The van der Waals surface area contributed by atoms with Gasteiger partial charge in [-0.2, -0.15) is 8.42 Å². The Labute approximate surface area is 107 Å². The van der Waals surface area contributed by atoms with Gasteiger partial charge in [-0.1, -0.05) is 46.4 Å². The van der Waals surface area contributed by atoms with Crippen molar-refractivity contribution >= 4 is 56.5 Å². The first-order valence-electron chi connectivity index (χ1n) is 3.49. The van der Waals surface area contributed by atoms with E-state index >= 15 is 0 Å². The molecule has 0 unspecified atom stereocenters. The van der Waals surface area contributed by atoms with Crippen LogP contribution in [0.1, 0.15) is 0 Å². The zero-order valence-corrected chi connectivity index (χ0v) is 10.8. The van der Waals surface area contributed by atoms with Gasteiger partial charge < -0.3 is 4.18 Å². The van der Waals surface area contributed by atoms with Crippen molar-refractivity contribution in [1.29, 1.82) is 0 Å². The molecule has 0 spiro atoms. The normalized spacial score (nSPS) is 12.5. The van der Waals surface area contributed by atoms with Crippen molar-refractivity contribution in [2.24, 2.45) is 0 Å². The van der Waals surface area contributed by atoms with Crippen LogP contribution >= 0.6 is 46.4 Å². The Bertz CT molecular complexity index is 434. The van der Waals surface area contributed by atoms with Crippen LogP contribution in [-0.2, 0) is 10.1 Å². The van der Waals surface area contributed by atoms with E-state index in [0.717, 1.165) is 0 Å². The van der Waals surface area contributed by atoms with Gasteiger partial charge in [0.15, 0.2) is 0 Å². The molecule has 84 valence electrons. The summed E-state index contributed by atoms with van der Waals surface area (Å²) in [6.07, 6.45) is 0. The molecule has 0 radical (unpaired) electrons. The lowest BCUT2D eigenvalue weighted by Gasteiger charge is -2.12. The molecule has 0 aromatic heterocycles. The second kappa shape index (κ2) is 4.55. The van der Waals surface area contributed by atoms with Gasteiger partial charge >= 0.3 is 13.2 Å².